The summed E-state index contributed by atoms with van der Waals surface area (Å²) in [5, 5.41) is 3.58. The summed E-state index contributed by atoms with van der Waals surface area (Å²) >= 11 is 1.54. The Kier molecular flexibility index (Phi) is 4.99. The van der Waals surface area contributed by atoms with Crippen molar-refractivity contribution in [1.29, 1.82) is 0 Å². The van der Waals surface area contributed by atoms with Crippen molar-refractivity contribution in [2.45, 2.75) is 43.9 Å². The number of amides is 1. The van der Waals surface area contributed by atoms with Gasteiger partial charge in [0, 0.05) is 24.4 Å². The molecule has 0 aromatic carbocycles. The van der Waals surface area contributed by atoms with Crippen molar-refractivity contribution in [3.63, 3.8) is 0 Å². The highest BCUT2D eigenvalue weighted by Crippen LogP contribution is 2.32. The molecule has 0 bridgehead atoms. The van der Waals surface area contributed by atoms with Crippen LogP contribution in [0.1, 0.15) is 43.6 Å². The lowest BCUT2D eigenvalue weighted by Gasteiger charge is -2.14. The van der Waals surface area contributed by atoms with E-state index in [1.165, 1.54) is 11.8 Å². The first kappa shape index (κ1) is 16.7. The summed E-state index contributed by atoms with van der Waals surface area (Å²) in [5.74, 6) is 0.824. The minimum Gasteiger partial charge on any atom is -0.350 e. The van der Waals surface area contributed by atoms with Gasteiger partial charge in [-0.15, -0.1) is 0 Å². The lowest BCUT2D eigenvalue weighted by molar-refractivity contribution is -0.121. The molecule has 0 aliphatic carbocycles. The van der Waals surface area contributed by atoms with Crippen LogP contribution in [0.15, 0.2) is 40.4 Å². The SMILES string of the molecule is CC(C)c1cc(=O)n2c(n1)SCC2CC(=O)NCc1ccccn1. The number of carbonyl (C=O) groups is 1. The number of thioether (sulfide) groups is 1. The van der Waals surface area contributed by atoms with Crippen molar-refractivity contribution >= 4 is 17.7 Å². The summed E-state index contributed by atoms with van der Waals surface area (Å²) in [6.45, 7) is 4.42. The Balaban J connectivity index is 1.66. The Bertz CT molecular complexity index is 789. The highest BCUT2D eigenvalue weighted by Gasteiger charge is 2.27. The Morgan fingerprint density at radius 1 is 1.46 bits per heavy atom. The molecule has 1 unspecified atom stereocenters. The molecule has 0 saturated carbocycles. The lowest BCUT2D eigenvalue weighted by atomic mass is 10.1. The molecule has 0 spiro atoms. The third kappa shape index (κ3) is 3.67. The summed E-state index contributed by atoms with van der Waals surface area (Å²) in [6, 6.07) is 7.02. The second-order valence-corrected chi connectivity index (χ2v) is 7.08. The van der Waals surface area contributed by atoms with E-state index < -0.39 is 0 Å². The topological polar surface area (TPSA) is 76.9 Å². The van der Waals surface area contributed by atoms with Gasteiger partial charge in [-0.3, -0.25) is 19.1 Å². The number of hydrogen-bond acceptors (Lipinski definition) is 5. The first-order valence-corrected chi connectivity index (χ1v) is 8.96. The predicted octanol–water partition coefficient (Wildman–Crippen LogP) is 2.12. The van der Waals surface area contributed by atoms with E-state index in [1.807, 2.05) is 32.0 Å². The molecular weight excluding hydrogens is 324 g/mol. The minimum atomic E-state index is -0.144. The summed E-state index contributed by atoms with van der Waals surface area (Å²) in [5.41, 5.74) is 1.54. The molecule has 1 aliphatic rings. The van der Waals surface area contributed by atoms with Crippen molar-refractivity contribution in [1.82, 2.24) is 19.9 Å². The maximum Gasteiger partial charge on any atom is 0.254 e. The summed E-state index contributed by atoms with van der Waals surface area (Å²) in [4.78, 5) is 33.3. The maximum atomic E-state index is 12.4. The smallest absolute Gasteiger partial charge is 0.254 e. The van der Waals surface area contributed by atoms with Gasteiger partial charge in [-0.25, -0.2) is 4.98 Å². The Morgan fingerprint density at radius 3 is 3.00 bits per heavy atom. The van der Waals surface area contributed by atoms with E-state index in [0.717, 1.165) is 11.4 Å². The zero-order valence-electron chi connectivity index (χ0n) is 13.7. The zero-order valence-corrected chi connectivity index (χ0v) is 14.5. The molecule has 1 atom stereocenters. The monoisotopic (exact) mass is 344 g/mol. The predicted molar refractivity (Wildman–Crippen MR) is 93.0 cm³/mol. The third-order valence-corrected chi connectivity index (χ3v) is 5.01. The normalized spacial score (nSPS) is 16.2. The van der Waals surface area contributed by atoms with Crippen LogP contribution >= 0.6 is 11.8 Å². The van der Waals surface area contributed by atoms with Crippen LogP contribution in [0.4, 0.5) is 0 Å². The van der Waals surface area contributed by atoms with Crippen LogP contribution < -0.4 is 10.9 Å². The third-order valence-electron chi connectivity index (χ3n) is 3.91. The molecule has 3 heterocycles. The number of rotatable bonds is 5. The van der Waals surface area contributed by atoms with E-state index in [1.54, 1.807) is 16.8 Å². The molecule has 0 radical (unpaired) electrons. The van der Waals surface area contributed by atoms with E-state index in [4.69, 9.17) is 0 Å². The number of hydrogen-bond donors (Lipinski definition) is 1. The fourth-order valence-corrected chi connectivity index (χ4v) is 3.75. The second kappa shape index (κ2) is 7.17. The number of nitrogens with zero attached hydrogens (tertiary/aromatic N) is 3. The van der Waals surface area contributed by atoms with Gasteiger partial charge in [0.2, 0.25) is 5.91 Å². The number of carbonyl (C=O) groups excluding carboxylic acids is 1. The second-order valence-electron chi connectivity index (χ2n) is 6.09. The fraction of sp³-hybridized carbons (Fsp3) is 0.412. The number of nitrogens with one attached hydrogen (secondary N) is 1. The van der Waals surface area contributed by atoms with E-state index in [0.29, 0.717) is 17.5 Å². The largest absolute Gasteiger partial charge is 0.350 e. The molecule has 6 nitrogen and oxygen atoms in total. The van der Waals surface area contributed by atoms with Gasteiger partial charge >= 0.3 is 0 Å². The van der Waals surface area contributed by atoms with Crippen molar-refractivity contribution in [3.05, 3.63) is 52.2 Å². The van der Waals surface area contributed by atoms with Crippen LogP contribution in [0, 0.1) is 0 Å². The highest BCUT2D eigenvalue weighted by atomic mass is 32.2. The molecule has 1 N–H and O–H groups in total. The highest BCUT2D eigenvalue weighted by molar-refractivity contribution is 7.99. The molecule has 24 heavy (non-hydrogen) atoms. The Morgan fingerprint density at radius 2 is 2.29 bits per heavy atom. The van der Waals surface area contributed by atoms with E-state index in [-0.39, 0.29) is 29.8 Å². The first-order valence-electron chi connectivity index (χ1n) is 7.97. The average molecular weight is 344 g/mol. The maximum absolute atomic E-state index is 12.4. The van der Waals surface area contributed by atoms with Crippen LogP contribution in [-0.2, 0) is 11.3 Å². The molecule has 0 saturated heterocycles. The molecule has 2 aromatic heterocycles. The quantitative estimate of drug-likeness (QED) is 0.841. The molecule has 126 valence electrons. The van der Waals surface area contributed by atoms with Gasteiger partial charge < -0.3 is 5.32 Å². The summed E-state index contributed by atoms with van der Waals surface area (Å²) < 4.78 is 1.65. The minimum absolute atomic E-state index is 0.0729. The number of pyridine rings is 1. The fourth-order valence-electron chi connectivity index (χ4n) is 2.59. The van der Waals surface area contributed by atoms with E-state index in [2.05, 4.69) is 15.3 Å². The Hall–Kier alpha value is -2.15. The van der Waals surface area contributed by atoms with Gasteiger partial charge in [0.05, 0.1) is 24.0 Å². The van der Waals surface area contributed by atoms with Gasteiger partial charge in [0.1, 0.15) is 0 Å². The van der Waals surface area contributed by atoms with Crippen molar-refractivity contribution < 1.29 is 4.79 Å². The lowest BCUT2D eigenvalue weighted by Crippen LogP contribution is -2.30. The zero-order chi connectivity index (χ0) is 17.1. The van der Waals surface area contributed by atoms with Crippen LogP contribution in [0.5, 0.6) is 0 Å². The van der Waals surface area contributed by atoms with Crippen molar-refractivity contribution in [3.8, 4) is 0 Å². The van der Waals surface area contributed by atoms with Crippen LogP contribution in [0.25, 0.3) is 0 Å². The summed E-state index contributed by atoms with van der Waals surface area (Å²) in [6.07, 6.45) is 1.97. The van der Waals surface area contributed by atoms with Gasteiger partial charge in [-0.2, -0.15) is 0 Å². The molecule has 2 aromatic rings. The van der Waals surface area contributed by atoms with Gasteiger partial charge in [0.15, 0.2) is 5.16 Å². The molecule has 7 heteroatoms. The van der Waals surface area contributed by atoms with Crippen molar-refractivity contribution in [2.24, 2.45) is 0 Å². The average Bonchev–Trinajstić information content (AvgIpc) is 2.97. The standard InChI is InChI=1S/C17H20N4O2S/c1-11(2)14-8-16(23)21-13(10-24-17(21)20-14)7-15(22)19-9-12-5-3-4-6-18-12/h3-6,8,11,13H,7,9-10H2,1-2H3,(H,19,22). The van der Waals surface area contributed by atoms with E-state index in [9.17, 15) is 9.59 Å². The summed E-state index contributed by atoms with van der Waals surface area (Å²) in [7, 11) is 0. The van der Waals surface area contributed by atoms with Crippen LogP contribution in [0.3, 0.4) is 0 Å². The van der Waals surface area contributed by atoms with Gasteiger partial charge in [-0.05, 0) is 18.1 Å². The molecule has 1 amide bonds. The Labute approximate surface area is 144 Å². The van der Waals surface area contributed by atoms with Gasteiger partial charge in [-0.1, -0.05) is 31.7 Å². The van der Waals surface area contributed by atoms with Crippen molar-refractivity contribution in [2.75, 3.05) is 5.75 Å². The van der Waals surface area contributed by atoms with E-state index >= 15 is 0 Å². The first-order chi connectivity index (χ1) is 11.5. The van der Waals surface area contributed by atoms with Crippen LogP contribution in [-0.4, -0.2) is 26.2 Å². The van der Waals surface area contributed by atoms with Crippen LogP contribution in [0.2, 0.25) is 0 Å². The molecule has 1 aliphatic heterocycles. The number of aromatic nitrogens is 3. The molecule has 3 rings (SSSR count). The molecular formula is C17H20N4O2S. The number of fused-ring (bicyclic) bond motifs is 1. The molecule has 0 fully saturated rings. The van der Waals surface area contributed by atoms with Gasteiger partial charge in [0.25, 0.3) is 5.56 Å².